The molecule has 2 aromatic carbocycles. The van der Waals surface area contributed by atoms with E-state index in [-0.39, 0.29) is 11.9 Å². The first-order valence-electron chi connectivity index (χ1n) is 6.23. The molecule has 0 amide bonds. The summed E-state index contributed by atoms with van der Waals surface area (Å²) < 4.78 is 13.9. The van der Waals surface area contributed by atoms with Crippen molar-refractivity contribution in [1.29, 1.82) is 0 Å². The summed E-state index contributed by atoms with van der Waals surface area (Å²) >= 11 is 0. The Morgan fingerprint density at radius 1 is 1.06 bits per heavy atom. The number of hydrogen-bond donors (Lipinski definition) is 1. The SMILES string of the molecule is Cc1cccc(C(N)CCc2ccccc2)c1F. The zero-order valence-electron chi connectivity index (χ0n) is 10.6. The summed E-state index contributed by atoms with van der Waals surface area (Å²) in [4.78, 5) is 0. The van der Waals surface area contributed by atoms with Gasteiger partial charge in [0.2, 0.25) is 0 Å². The van der Waals surface area contributed by atoms with Crippen LogP contribution in [0.2, 0.25) is 0 Å². The molecule has 0 fully saturated rings. The van der Waals surface area contributed by atoms with Crippen LogP contribution in [0.25, 0.3) is 0 Å². The number of halogens is 1. The molecule has 1 atom stereocenters. The van der Waals surface area contributed by atoms with Crippen molar-refractivity contribution in [3.8, 4) is 0 Å². The van der Waals surface area contributed by atoms with E-state index in [2.05, 4.69) is 12.1 Å². The number of rotatable bonds is 4. The Morgan fingerprint density at radius 2 is 1.78 bits per heavy atom. The molecule has 0 spiro atoms. The Balaban J connectivity index is 2.04. The number of aryl methyl sites for hydroxylation is 2. The van der Waals surface area contributed by atoms with Crippen LogP contribution < -0.4 is 5.73 Å². The van der Waals surface area contributed by atoms with Crippen molar-refractivity contribution in [2.45, 2.75) is 25.8 Å². The molecular weight excluding hydrogens is 225 g/mol. The molecule has 0 heterocycles. The van der Waals surface area contributed by atoms with Crippen molar-refractivity contribution in [2.24, 2.45) is 5.73 Å². The summed E-state index contributed by atoms with van der Waals surface area (Å²) in [6.07, 6.45) is 1.62. The zero-order chi connectivity index (χ0) is 13.0. The zero-order valence-corrected chi connectivity index (χ0v) is 10.6. The van der Waals surface area contributed by atoms with Crippen LogP contribution in [0, 0.1) is 12.7 Å². The standard InChI is InChI=1S/C16H18FN/c1-12-6-5-9-14(16(12)17)15(18)11-10-13-7-3-2-4-8-13/h2-9,15H,10-11,18H2,1H3. The van der Waals surface area contributed by atoms with Gasteiger partial charge in [-0.3, -0.25) is 0 Å². The largest absolute Gasteiger partial charge is 0.324 e. The van der Waals surface area contributed by atoms with Gasteiger partial charge in [0.15, 0.2) is 0 Å². The van der Waals surface area contributed by atoms with Gasteiger partial charge in [-0.2, -0.15) is 0 Å². The average Bonchev–Trinajstić information content (AvgIpc) is 2.40. The lowest BCUT2D eigenvalue weighted by Crippen LogP contribution is -2.13. The minimum Gasteiger partial charge on any atom is -0.324 e. The molecule has 0 bridgehead atoms. The van der Waals surface area contributed by atoms with Crippen LogP contribution in [0.4, 0.5) is 4.39 Å². The van der Waals surface area contributed by atoms with Crippen LogP contribution >= 0.6 is 0 Å². The van der Waals surface area contributed by atoms with E-state index in [1.54, 1.807) is 19.1 Å². The minimum absolute atomic E-state index is 0.168. The molecule has 0 aliphatic heterocycles. The molecule has 1 nitrogen and oxygen atoms in total. The number of benzene rings is 2. The van der Waals surface area contributed by atoms with Gasteiger partial charge in [0.05, 0.1) is 0 Å². The fraction of sp³-hybridized carbons (Fsp3) is 0.250. The highest BCUT2D eigenvalue weighted by atomic mass is 19.1. The topological polar surface area (TPSA) is 26.0 Å². The number of nitrogens with two attached hydrogens (primary N) is 1. The lowest BCUT2D eigenvalue weighted by molar-refractivity contribution is 0.558. The Labute approximate surface area is 107 Å². The van der Waals surface area contributed by atoms with E-state index in [1.165, 1.54) is 5.56 Å². The van der Waals surface area contributed by atoms with Gasteiger partial charge in [-0.25, -0.2) is 4.39 Å². The van der Waals surface area contributed by atoms with Crippen LogP contribution in [0.1, 0.15) is 29.2 Å². The summed E-state index contributed by atoms with van der Waals surface area (Å²) in [6, 6.07) is 15.3. The second-order valence-corrected chi connectivity index (χ2v) is 4.61. The monoisotopic (exact) mass is 243 g/mol. The van der Waals surface area contributed by atoms with E-state index in [0.29, 0.717) is 11.1 Å². The second-order valence-electron chi connectivity index (χ2n) is 4.61. The predicted molar refractivity (Wildman–Crippen MR) is 72.8 cm³/mol. The normalized spacial score (nSPS) is 12.4. The summed E-state index contributed by atoms with van der Waals surface area (Å²) in [5, 5.41) is 0. The molecular formula is C16H18FN. The Bertz CT molecular complexity index is 508. The van der Waals surface area contributed by atoms with Crippen molar-refractivity contribution in [2.75, 3.05) is 0 Å². The van der Waals surface area contributed by atoms with Gasteiger partial charge >= 0.3 is 0 Å². The first kappa shape index (κ1) is 12.8. The molecule has 0 saturated carbocycles. The van der Waals surface area contributed by atoms with Gasteiger partial charge in [-0.15, -0.1) is 0 Å². The van der Waals surface area contributed by atoms with Crippen molar-refractivity contribution in [1.82, 2.24) is 0 Å². The van der Waals surface area contributed by atoms with E-state index in [9.17, 15) is 4.39 Å². The van der Waals surface area contributed by atoms with E-state index < -0.39 is 0 Å². The van der Waals surface area contributed by atoms with Gasteiger partial charge in [0.25, 0.3) is 0 Å². The smallest absolute Gasteiger partial charge is 0.130 e. The van der Waals surface area contributed by atoms with Crippen LogP contribution in [-0.2, 0) is 6.42 Å². The lowest BCUT2D eigenvalue weighted by atomic mass is 9.98. The molecule has 18 heavy (non-hydrogen) atoms. The Morgan fingerprint density at radius 3 is 2.50 bits per heavy atom. The highest BCUT2D eigenvalue weighted by Gasteiger charge is 2.12. The van der Waals surface area contributed by atoms with Crippen LogP contribution in [0.5, 0.6) is 0 Å². The third-order valence-corrected chi connectivity index (χ3v) is 3.21. The van der Waals surface area contributed by atoms with Gasteiger partial charge in [0.1, 0.15) is 5.82 Å². The first-order valence-corrected chi connectivity index (χ1v) is 6.23. The van der Waals surface area contributed by atoms with Crippen LogP contribution in [0.15, 0.2) is 48.5 Å². The summed E-state index contributed by atoms with van der Waals surface area (Å²) in [7, 11) is 0. The molecule has 0 saturated heterocycles. The third kappa shape index (κ3) is 2.96. The summed E-state index contributed by atoms with van der Waals surface area (Å²) in [6.45, 7) is 1.77. The van der Waals surface area contributed by atoms with E-state index >= 15 is 0 Å². The highest BCUT2D eigenvalue weighted by molar-refractivity contribution is 5.27. The van der Waals surface area contributed by atoms with Crippen molar-refractivity contribution < 1.29 is 4.39 Å². The summed E-state index contributed by atoms with van der Waals surface area (Å²) in [5.74, 6) is -0.168. The molecule has 2 rings (SSSR count). The maximum atomic E-state index is 13.9. The van der Waals surface area contributed by atoms with Crippen molar-refractivity contribution >= 4 is 0 Å². The maximum Gasteiger partial charge on any atom is 0.130 e. The maximum absolute atomic E-state index is 13.9. The van der Waals surface area contributed by atoms with Crippen LogP contribution in [0.3, 0.4) is 0 Å². The van der Waals surface area contributed by atoms with Crippen molar-refractivity contribution in [3.63, 3.8) is 0 Å². The lowest BCUT2D eigenvalue weighted by Gasteiger charge is -2.14. The molecule has 0 aliphatic carbocycles. The van der Waals surface area contributed by atoms with Gasteiger partial charge in [-0.1, -0.05) is 48.5 Å². The molecule has 0 aromatic heterocycles. The average molecular weight is 243 g/mol. The summed E-state index contributed by atoms with van der Waals surface area (Å²) in [5.41, 5.74) is 8.58. The highest BCUT2D eigenvalue weighted by Crippen LogP contribution is 2.21. The molecule has 94 valence electrons. The molecule has 2 aromatic rings. The van der Waals surface area contributed by atoms with E-state index in [4.69, 9.17) is 5.73 Å². The van der Waals surface area contributed by atoms with E-state index in [0.717, 1.165) is 12.8 Å². The van der Waals surface area contributed by atoms with E-state index in [1.807, 2.05) is 24.3 Å². The molecule has 0 radical (unpaired) electrons. The number of hydrogen-bond acceptors (Lipinski definition) is 1. The molecule has 2 N–H and O–H groups in total. The predicted octanol–water partition coefficient (Wildman–Crippen LogP) is 3.77. The molecule has 2 heteroatoms. The fourth-order valence-corrected chi connectivity index (χ4v) is 2.08. The fourth-order valence-electron chi connectivity index (χ4n) is 2.08. The quantitative estimate of drug-likeness (QED) is 0.869. The second kappa shape index (κ2) is 5.78. The Kier molecular flexibility index (Phi) is 4.11. The van der Waals surface area contributed by atoms with Crippen molar-refractivity contribution in [3.05, 3.63) is 71.0 Å². The first-order chi connectivity index (χ1) is 8.68. The van der Waals surface area contributed by atoms with Gasteiger partial charge in [0, 0.05) is 11.6 Å². The molecule has 0 aliphatic rings. The Hall–Kier alpha value is -1.67. The molecule has 1 unspecified atom stereocenters. The van der Waals surface area contributed by atoms with Gasteiger partial charge in [-0.05, 0) is 30.9 Å². The van der Waals surface area contributed by atoms with Crippen LogP contribution in [-0.4, -0.2) is 0 Å². The van der Waals surface area contributed by atoms with Gasteiger partial charge < -0.3 is 5.73 Å². The minimum atomic E-state index is -0.245. The third-order valence-electron chi connectivity index (χ3n) is 3.21.